The van der Waals surface area contributed by atoms with Crippen molar-refractivity contribution in [1.29, 1.82) is 0 Å². The van der Waals surface area contributed by atoms with E-state index in [1.165, 1.54) is 12.5 Å². The van der Waals surface area contributed by atoms with Crippen molar-refractivity contribution in [2.75, 3.05) is 11.9 Å². The molecule has 2 aromatic rings. The first-order valence-electron chi connectivity index (χ1n) is 5.62. The maximum absolute atomic E-state index is 11.8. The van der Waals surface area contributed by atoms with Crippen LogP contribution in [0, 0.1) is 0 Å². The highest BCUT2D eigenvalue weighted by Crippen LogP contribution is 2.04. The van der Waals surface area contributed by atoms with Gasteiger partial charge in [0, 0.05) is 12.7 Å². The fraction of sp³-hybridized carbons (Fsp3) is 0.273. The van der Waals surface area contributed by atoms with Gasteiger partial charge in [-0.2, -0.15) is 5.10 Å². The standard InChI is InChI=1S/C11H14N6O/c1-2-12-9-4-3-8(5-13-9)11(18)14-6-10-15-7-16-17-10/h3-5,7H,2,6H2,1H3,(H,12,13)(H,14,18)(H,15,16,17). The molecule has 7 nitrogen and oxygen atoms in total. The highest BCUT2D eigenvalue weighted by Gasteiger charge is 2.06. The molecule has 0 saturated heterocycles. The number of carbonyl (C=O) groups excluding carboxylic acids is 1. The van der Waals surface area contributed by atoms with Crippen molar-refractivity contribution in [3.8, 4) is 0 Å². The number of H-pyrrole nitrogens is 1. The van der Waals surface area contributed by atoms with Crippen LogP contribution in [-0.4, -0.2) is 32.6 Å². The predicted molar refractivity (Wildman–Crippen MR) is 66.0 cm³/mol. The van der Waals surface area contributed by atoms with Crippen molar-refractivity contribution in [2.45, 2.75) is 13.5 Å². The van der Waals surface area contributed by atoms with E-state index in [1.54, 1.807) is 12.1 Å². The number of hydrogen-bond acceptors (Lipinski definition) is 5. The van der Waals surface area contributed by atoms with Gasteiger partial charge in [-0.3, -0.25) is 9.89 Å². The molecule has 94 valence electrons. The van der Waals surface area contributed by atoms with Crippen molar-refractivity contribution >= 4 is 11.7 Å². The molecule has 7 heteroatoms. The Hall–Kier alpha value is -2.44. The summed E-state index contributed by atoms with van der Waals surface area (Å²) in [6, 6.07) is 3.49. The minimum Gasteiger partial charge on any atom is -0.370 e. The van der Waals surface area contributed by atoms with Gasteiger partial charge in [-0.1, -0.05) is 0 Å². The molecule has 0 aliphatic carbocycles. The molecule has 0 spiro atoms. The zero-order chi connectivity index (χ0) is 12.8. The lowest BCUT2D eigenvalue weighted by molar-refractivity contribution is 0.0949. The molecule has 1 amide bonds. The molecule has 0 saturated carbocycles. The van der Waals surface area contributed by atoms with Gasteiger partial charge in [-0.15, -0.1) is 0 Å². The van der Waals surface area contributed by atoms with E-state index in [9.17, 15) is 4.79 Å². The average molecular weight is 246 g/mol. The Kier molecular flexibility index (Phi) is 3.85. The van der Waals surface area contributed by atoms with Crippen LogP contribution in [0.2, 0.25) is 0 Å². The SMILES string of the molecule is CCNc1ccc(C(=O)NCc2ncn[nH]2)cn1. The molecule has 0 aliphatic heterocycles. The van der Waals surface area contributed by atoms with Gasteiger partial charge in [-0.05, 0) is 19.1 Å². The van der Waals surface area contributed by atoms with E-state index in [-0.39, 0.29) is 5.91 Å². The van der Waals surface area contributed by atoms with Gasteiger partial charge in [-0.25, -0.2) is 9.97 Å². The van der Waals surface area contributed by atoms with Gasteiger partial charge in [0.2, 0.25) is 0 Å². The molecule has 2 aromatic heterocycles. The summed E-state index contributed by atoms with van der Waals surface area (Å²) in [5, 5.41) is 12.1. The van der Waals surface area contributed by atoms with Crippen LogP contribution < -0.4 is 10.6 Å². The summed E-state index contributed by atoms with van der Waals surface area (Å²) < 4.78 is 0. The van der Waals surface area contributed by atoms with Gasteiger partial charge in [0.15, 0.2) is 0 Å². The molecular formula is C11H14N6O. The Morgan fingerprint density at radius 2 is 2.28 bits per heavy atom. The number of carbonyl (C=O) groups is 1. The smallest absolute Gasteiger partial charge is 0.253 e. The average Bonchev–Trinajstić information content (AvgIpc) is 2.90. The summed E-state index contributed by atoms with van der Waals surface area (Å²) in [5.41, 5.74) is 0.510. The van der Waals surface area contributed by atoms with Gasteiger partial charge < -0.3 is 10.6 Å². The molecule has 0 atom stereocenters. The summed E-state index contributed by atoms with van der Waals surface area (Å²) in [6.45, 7) is 3.09. The van der Waals surface area contributed by atoms with E-state index >= 15 is 0 Å². The van der Waals surface area contributed by atoms with Crippen molar-refractivity contribution in [1.82, 2.24) is 25.5 Å². The van der Waals surface area contributed by atoms with Crippen LogP contribution in [0.1, 0.15) is 23.1 Å². The lowest BCUT2D eigenvalue weighted by atomic mass is 10.2. The zero-order valence-corrected chi connectivity index (χ0v) is 9.97. The van der Waals surface area contributed by atoms with Gasteiger partial charge in [0.1, 0.15) is 18.0 Å². The maximum atomic E-state index is 11.8. The van der Waals surface area contributed by atoms with Crippen LogP contribution in [0.25, 0.3) is 0 Å². The zero-order valence-electron chi connectivity index (χ0n) is 9.97. The third-order valence-corrected chi connectivity index (χ3v) is 2.26. The van der Waals surface area contributed by atoms with Crippen molar-refractivity contribution in [2.24, 2.45) is 0 Å². The van der Waals surface area contributed by atoms with Crippen LogP contribution in [0.15, 0.2) is 24.7 Å². The molecule has 0 aliphatic rings. The minimum atomic E-state index is -0.193. The molecule has 0 bridgehead atoms. The quantitative estimate of drug-likeness (QED) is 0.716. The molecule has 0 unspecified atom stereocenters. The first-order chi connectivity index (χ1) is 8.79. The Morgan fingerprint density at radius 1 is 1.39 bits per heavy atom. The number of hydrogen-bond donors (Lipinski definition) is 3. The third kappa shape index (κ3) is 3.03. The van der Waals surface area contributed by atoms with Crippen molar-refractivity contribution < 1.29 is 4.79 Å². The number of amides is 1. The normalized spacial score (nSPS) is 10.1. The molecule has 0 aromatic carbocycles. The van der Waals surface area contributed by atoms with Crippen LogP contribution >= 0.6 is 0 Å². The Morgan fingerprint density at radius 3 is 2.89 bits per heavy atom. The van der Waals surface area contributed by atoms with E-state index in [0.29, 0.717) is 17.9 Å². The summed E-state index contributed by atoms with van der Waals surface area (Å²) in [4.78, 5) is 19.8. The van der Waals surface area contributed by atoms with Crippen LogP contribution in [0.4, 0.5) is 5.82 Å². The molecule has 0 radical (unpaired) electrons. The first kappa shape index (κ1) is 12.0. The van der Waals surface area contributed by atoms with Gasteiger partial charge in [0.25, 0.3) is 5.91 Å². The van der Waals surface area contributed by atoms with E-state index in [1.807, 2.05) is 6.92 Å². The van der Waals surface area contributed by atoms with E-state index in [2.05, 4.69) is 30.8 Å². The van der Waals surface area contributed by atoms with Gasteiger partial charge >= 0.3 is 0 Å². The van der Waals surface area contributed by atoms with Crippen LogP contribution in [0.5, 0.6) is 0 Å². The summed E-state index contributed by atoms with van der Waals surface area (Å²) in [6.07, 6.45) is 2.93. The second-order valence-corrected chi connectivity index (χ2v) is 3.58. The molecular weight excluding hydrogens is 232 g/mol. The third-order valence-electron chi connectivity index (χ3n) is 2.26. The highest BCUT2D eigenvalue weighted by atomic mass is 16.1. The number of pyridine rings is 1. The van der Waals surface area contributed by atoms with E-state index in [0.717, 1.165) is 12.4 Å². The van der Waals surface area contributed by atoms with Crippen molar-refractivity contribution in [3.63, 3.8) is 0 Å². The number of rotatable bonds is 5. The first-order valence-corrected chi connectivity index (χ1v) is 5.62. The second-order valence-electron chi connectivity index (χ2n) is 3.58. The fourth-order valence-corrected chi connectivity index (χ4v) is 1.40. The van der Waals surface area contributed by atoms with E-state index in [4.69, 9.17) is 0 Å². The number of aromatic amines is 1. The minimum absolute atomic E-state index is 0.193. The summed E-state index contributed by atoms with van der Waals surface area (Å²) >= 11 is 0. The van der Waals surface area contributed by atoms with Gasteiger partial charge in [0.05, 0.1) is 12.1 Å². The topological polar surface area (TPSA) is 95.6 Å². The number of nitrogens with one attached hydrogen (secondary N) is 3. The Labute approximate surface area is 104 Å². The molecule has 0 fully saturated rings. The van der Waals surface area contributed by atoms with E-state index < -0.39 is 0 Å². The molecule has 3 N–H and O–H groups in total. The summed E-state index contributed by atoms with van der Waals surface area (Å²) in [5.74, 6) is 1.17. The maximum Gasteiger partial charge on any atom is 0.253 e. The largest absolute Gasteiger partial charge is 0.370 e. The number of aromatic nitrogens is 4. The second kappa shape index (κ2) is 5.76. The van der Waals surface area contributed by atoms with Crippen molar-refractivity contribution in [3.05, 3.63) is 36.0 Å². The van der Waals surface area contributed by atoms with Crippen LogP contribution in [-0.2, 0) is 6.54 Å². The Balaban J connectivity index is 1.92. The molecule has 18 heavy (non-hydrogen) atoms. The molecule has 2 rings (SSSR count). The predicted octanol–water partition coefficient (Wildman–Crippen LogP) is 0.561. The summed E-state index contributed by atoms with van der Waals surface area (Å²) in [7, 11) is 0. The van der Waals surface area contributed by atoms with Crippen LogP contribution in [0.3, 0.4) is 0 Å². The number of anilines is 1. The highest BCUT2D eigenvalue weighted by molar-refractivity contribution is 5.93. The monoisotopic (exact) mass is 246 g/mol. The fourth-order valence-electron chi connectivity index (χ4n) is 1.40. The lowest BCUT2D eigenvalue weighted by Gasteiger charge is -2.04. The molecule has 2 heterocycles. The number of nitrogens with zero attached hydrogens (tertiary/aromatic N) is 3. The Bertz CT molecular complexity index is 493. The lowest BCUT2D eigenvalue weighted by Crippen LogP contribution is -2.23.